The summed E-state index contributed by atoms with van der Waals surface area (Å²) in [5.74, 6) is 0.679. The number of aromatic nitrogens is 2. The van der Waals surface area contributed by atoms with E-state index >= 15 is 0 Å². The molecular weight excluding hydrogens is 328 g/mol. The van der Waals surface area contributed by atoms with Crippen LogP contribution in [0.5, 0.6) is 0 Å². The Morgan fingerprint density at radius 1 is 1.52 bits per heavy atom. The summed E-state index contributed by atoms with van der Waals surface area (Å²) in [6.45, 7) is 4.96. The number of hydrogen-bond donors (Lipinski definition) is 1. The topological polar surface area (TPSA) is 72.1 Å². The Hall–Kier alpha value is -1.34. The van der Waals surface area contributed by atoms with Gasteiger partial charge in [-0.05, 0) is 44.1 Å². The van der Waals surface area contributed by atoms with Gasteiger partial charge in [-0.15, -0.1) is 11.3 Å². The molecule has 23 heavy (non-hydrogen) atoms. The second-order valence-electron chi connectivity index (χ2n) is 5.88. The average Bonchev–Trinajstić information content (AvgIpc) is 3.03. The Balaban J connectivity index is 1.74. The first kappa shape index (κ1) is 16.5. The lowest BCUT2D eigenvalue weighted by Gasteiger charge is -2.36. The third-order valence-corrected chi connectivity index (χ3v) is 6.10. The van der Waals surface area contributed by atoms with Crippen LogP contribution >= 0.6 is 23.1 Å². The number of carbonyl (C=O) groups excluding carboxylic acids is 1. The minimum absolute atomic E-state index is 0.190. The van der Waals surface area contributed by atoms with Crippen molar-refractivity contribution in [3.63, 3.8) is 0 Å². The predicted molar refractivity (Wildman–Crippen MR) is 96.8 cm³/mol. The normalized spacial score (nSPS) is 19.9. The summed E-state index contributed by atoms with van der Waals surface area (Å²) in [5, 5.41) is 3.24. The van der Waals surface area contributed by atoms with Gasteiger partial charge in [0.2, 0.25) is 5.91 Å². The van der Waals surface area contributed by atoms with Gasteiger partial charge in [-0.1, -0.05) is 18.7 Å². The monoisotopic (exact) mass is 350 g/mol. The average molecular weight is 351 g/mol. The van der Waals surface area contributed by atoms with Gasteiger partial charge in [0.05, 0.1) is 10.6 Å². The van der Waals surface area contributed by atoms with Crippen molar-refractivity contribution in [2.45, 2.75) is 56.0 Å². The largest absolute Gasteiger partial charge is 0.383 e. The van der Waals surface area contributed by atoms with Gasteiger partial charge in [0.1, 0.15) is 10.6 Å². The highest BCUT2D eigenvalue weighted by Crippen LogP contribution is 2.30. The maximum Gasteiger partial charge on any atom is 0.236 e. The molecule has 2 aromatic rings. The molecule has 1 saturated heterocycles. The fourth-order valence-corrected chi connectivity index (χ4v) is 4.74. The number of carbonyl (C=O) groups is 1. The molecule has 3 heterocycles. The number of piperidine rings is 1. The Kier molecular flexibility index (Phi) is 5.06. The Morgan fingerprint density at radius 3 is 3.13 bits per heavy atom. The minimum Gasteiger partial charge on any atom is -0.383 e. The summed E-state index contributed by atoms with van der Waals surface area (Å²) in [6, 6.07) is 2.31. The maximum atomic E-state index is 12.8. The second kappa shape index (κ2) is 7.05. The molecule has 2 unspecified atom stereocenters. The van der Waals surface area contributed by atoms with Gasteiger partial charge in [-0.2, -0.15) is 0 Å². The molecule has 2 aromatic heterocycles. The van der Waals surface area contributed by atoms with Gasteiger partial charge in [-0.25, -0.2) is 9.97 Å². The van der Waals surface area contributed by atoms with E-state index in [-0.39, 0.29) is 11.2 Å². The van der Waals surface area contributed by atoms with E-state index in [4.69, 9.17) is 5.73 Å². The smallest absolute Gasteiger partial charge is 0.236 e. The summed E-state index contributed by atoms with van der Waals surface area (Å²) >= 11 is 2.95. The number of likely N-dealkylation sites (tertiary alicyclic amines) is 1. The molecule has 1 amide bonds. The molecule has 5 nitrogen and oxygen atoms in total. The molecule has 0 spiro atoms. The van der Waals surface area contributed by atoms with Crippen LogP contribution in [0.3, 0.4) is 0 Å². The molecule has 3 rings (SSSR count). The van der Waals surface area contributed by atoms with Gasteiger partial charge in [0.25, 0.3) is 0 Å². The number of hydrogen-bond acceptors (Lipinski definition) is 6. The number of thioether (sulfide) groups is 1. The van der Waals surface area contributed by atoms with E-state index in [1.54, 1.807) is 11.3 Å². The standard InChI is InChI=1S/C16H22N4OS2/c1-3-11-6-4-5-8-20(11)15(21)10(2)23-16-18-13(17)12-7-9-22-14(12)19-16/h7,9-11H,3-6,8H2,1-2H3,(H2,17,18,19). The van der Waals surface area contributed by atoms with E-state index < -0.39 is 0 Å². The number of anilines is 1. The van der Waals surface area contributed by atoms with Crippen LogP contribution < -0.4 is 5.73 Å². The van der Waals surface area contributed by atoms with Gasteiger partial charge < -0.3 is 10.6 Å². The Labute approximate surface area is 144 Å². The molecule has 2 N–H and O–H groups in total. The lowest BCUT2D eigenvalue weighted by molar-refractivity contribution is -0.134. The molecule has 0 radical (unpaired) electrons. The van der Waals surface area contributed by atoms with E-state index in [1.165, 1.54) is 18.2 Å². The molecule has 2 atom stereocenters. The third kappa shape index (κ3) is 3.45. The SMILES string of the molecule is CCC1CCCCN1C(=O)C(C)Sc1nc(N)c2ccsc2n1. The molecule has 0 aromatic carbocycles. The minimum atomic E-state index is -0.195. The lowest BCUT2D eigenvalue weighted by atomic mass is 10.00. The van der Waals surface area contributed by atoms with Crippen LogP contribution in [-0.2, 0) is 4.79 Å². The zero-order chi connectivity index (χ0) is 16.4. The zero-order valence-corrected chi connectivity index (χ0v) is 15.1. The van der Waals surface area contributed by atoms with Gasteiger partial charge in [0, 0.05) is 12.6 Å². The molecule has 0 bridgehead atoms. The van der Waals surface area contributed by atoms with Gasteiger partial charge >= 0.3 is 0 Å². The summed E-state index contributed by atoms with van der Waals surface area (Å²) < 4.78 is 0. The predicted octanol–water partition coefficient (Wildman–Crippen LogP) is 3.55. The van der Waals surface area contributed by atoms with E-state index in [1.807, 2.05) is 23.3 Å². The van der Waals surface area contributed by atoms with Crippen molar-refractivity contribution < 1.29 is 4.79 Å². The number of nitrogen functional groups attached to an aromatic ring is 1. The summed E-state index contributed by atoms with van der Waals surface area (Å²) in [5.41, 5.74) is 5.99. The lowest BCUT2D eigenvalue weighted by Crippen LogP contribution is -2.46. The molecule has 0 aliphatic carbocycles. The van der Waals surface area contributed by atoms with Crippen molar-refractivity contribution in [3.05, 3.63) is 11.4 Å². The van der Waals surface area contributed by atoms with Crippen LogP contribution in [-0.4, -0.2) is 38.6 Å². The first-order valence-electron chi connectivity index (χ1n) is 8.08. The number of nitrogens with two attached hydrogens (primary N) is 1. The van der Waals surface area contributed by atoms with E-state index in [0.717, 1.165) is 36.0 Å². The fourth-order valence-electron chi connectivity index (χ4n) is 3.07. The molecule has 1 aliphatic rings. The van der Waals surface area contributed by atoms with Crippen molar-refractivity contribution in [1.82, 2.24) is 14.9 Å². The summed E-state index contributed by atoms with van der Waals surface area (Å²) in [6.07, 6.45) is 4.46. The van der Waals surface area contributed by atoms with Gasteiger partial charge in [-0.3, -0.25) is 4.79 Å². The summed E-state index contributed by atoms with van der Waals surface area (Å²) in [7, 11) is 0. The Bertz CT molecular complexity index is 702. The second-order valence-corrected chi connectivity index (χ2v) is 8.08. The van der Waals surface area contributed by atoms with Crippen LogP contribution in [0.4, 0.5) is 5.82 Å². The fraction of sp³-hybridized carbons (Fsp3) is 0.562. The number of rotatable bonds is 4. The van der Waals surface area contributed by atoms with E-state index in [0.29, 0.717) is 17.0 Å². The molecule has 7 heteroatoms. The van der Waals surface area contributed by atoms with E-state index in [2.05, 4.69) is 16.9 Å². The van der Waals surface area contributed by atoms with Crippen molar-refractivity contribution in [2.75, 3.05) is 12.3 Å². The molecule has 1 fully saturated rings. The van der Waals surface area contributed by atoms with Crippen LogP contribution in [0.2, 0.25) is 0 Å². The van der Waals surface area contributed by atoms with E-state index in [9.17, 15) is 4.79 Å². The highest BCUT2D eigenvalue weighted by atomic mass is 32.2. The highest BCUT2D eigenvalue weighted by molar-refractivity contribution is 8.00. The van der Waals surface area contributed by atoms with Crippen molar-refractivity contribution >= 4 is 45.0 Å². The number of thiophene rings is 1. The number of nitrogens with zero attached hydrogens (tertiary/aromatic N) is 3. The Morgan fingerprint density at radius 2 is 2.35 bits per heavy atom. The van der Waals surface area contributed by atoms with Crippen LogP contribution in [0.1, 0.15) is 39.5 Å². The van der Waals surface area contributed by atoms with Crippen molar-refractivity contribution in [1.29, 1.82) is 0 Å². The third-order valence-electron chi connectivity index (χ3n) is 4.35. The highest BCUT2D eigenvalue weighted by Gasteiger charge is 2.29. The van der Waals surface area contributed by atoms with Crippen LogP contribution in [0.25, 0.3) is 10.2 Å². The molecule has 1 aliphatic heterocycles. The molecular formula is C16H22N4OS2. The molecule has 0 saturated carbocycles. The van der Waals surface area contributed by atoms with Crippen molar-refractivity contribution in [3.8, 4) is 0 Å². The molecule has 124 valence electrons. The maximum absolute atomic E-state index is 12.8. The first-order valence-corrected chi connectivity index (χ1v) is 9.84. The quantitative estimate of drug-likeness (QED) is 0.674. The van der Waals surface area contributed by atoms with Crippen LogP contribution in [0, 0.1) is 0 Å². The number of fused-ring (bicyclic) bond motifs is 1. The first-order chi connectivity index (χ1) is 11.1. The zero-order valence-electron chi connectivity index (χ0n) is 13.5. The van der Waals surface area contributed by atoms with Crippen LogP contribution in [0.15, 0.2) is 16.6 Å². The van der Waals surface area contributed by atoms with Gasteiger partial charge in [0.15, 0.2) is 5.16 Å². The van der Waals surface area contributed by atoms with Crippen molar-refractivity contribution in [2.24, 2.45) is 0 Å². The number of amides is 1. The summed E-state index contributed by atoms with van der Waals surface area (Å²) in [4.78, 5) is 24.6.